The number of rotatable bonds is 3. The Labute approximate surface area is 103 Å². The van der Waals surface area contributed by atoms with Gasteiger partial charge in [0.15, 0.2) is 5.82 Å². The minimum atomic E-state index is 0.604. The zero-order valence-corrected chi connectivity index (χ0v) is 10.1. The molecule has 0 aliphatic heterocycles. The third-order valence-corrected chi connectivity index (χ3v) is 3.42. The average molecular weight is 252 g/mol. The minimum Gasteiger partial charge on any atom is -0.358 e. The summed E-state index contributed by atoms with van der Waals surface area (Å²) in [6, 6.07) is 8.24. The monoisotopic (exact) mass is 251 g/mol. The van der Waals surface area contributed by atoms with E-state index in [1.807, 2.05) is 24.3 Å². The van der Waals surface area contributed by atoms with Gasteiger partial charge in [-0.25, -0.2) is 0 Å². The van der Waals surface area contributed by atoms with Crippen LogP contribution in [0, 0.1) is 0 Å². The summed E-state index contributed by atoms with van der Waals surface area (Å²) in [5.74, 6) is 0.707. The topological polar surface area (TPSA) is 37.8 Å². The molecule has 3 nitrogen and oxygen atoms in total. The second-order valence-electron chi connectivity index (χ2n) is 3.82. The highest BCUT2D eigenvalue weighted by Gasteiger charge is 2.22. The molecule has 1 aliphatic rings. The van der Waals surface area contributed by atoms with Crippen molar-refractivity contribution in [2.24, 2.45) is 0 Å². The lowest BCUT2D eigenvalue weighted by atomic mass is 10.2. The molecule has 1 fully saturated rings. The molecule has 2 aromatic rings. The summed E-state index contributed by atoms with van der Waals surface area (Å²) < 4.78 is 4.31. The average Bonchev–Trinajstić information content (AvgIpc) is 2.97. The quantitative estimate of drug-likeness (QED) is 0.908. The van der Waals surface area contributed by atoms with Crippen LogP contribution in [0.1, 0.15) is 12.8 Å². The predicted octanol–water partition coefficient (Wildman–Crippen LogP) is 3.43. The normalized spacial score (nSPS) is 15.1. The molecule has 1 saturated carbocycles. The van der Waals surface area contributed by atoms with Crippen LogP contribution in [0.4, 0.5) is 5.13 Å². The van der Waals surface area contributed by atoms with E-state index in [9.17, 15) is 0 Å². The third kappa shape index (κ3) is 2.03. The summed E-state index contributed by atoms with van der Waals surface area (Å²) in [4.78, 5) is 4.43. The Balaban J connectivity index is 1.88. The lowest BCUT2D eigenvalue weighted by Crippen LogP contribution is -1.99. The Morgan fingerprint density at radius 3 is 2.88 bits per heavy atom. The molecule has 1 N–H and O–H groups in total. The highest BCUT2D eigenvalue weighted by atomic mass is 35.5. The molecule has 0 atom stereocenters. The maximum atomic E-state index is 6.09. The second kappa shape index (κ2) is 4.03. The molecule has 5 heteroatoms. The molecule has 16 heavy (non-hydrogen) atoms. The van der Waals surface area contributed by atoms with Crippen LogP contribution in [0.5, 0.6) is 0 Å². The van der Waals surface area contributed by atoms with E-state index < -0.39 is 0 Å². The number of benzene rings is 1. The molecule has 82 valence electrons. The summed E-state index contributed by atoms with van der Waals surface area (Å²) >= 11 is 7.48. The molecule has 3 rings (SSSR count). The van der Waals surface area contributed by atoms with Crippen molar-refractivity contribution < 1.29 is 0 Å². The largest absolute Gasteiger partial charge is 0.358 e. The van der Waals surface area contributed by atoms with Crippen molar-refractivity contribution in [2.75, 3.05) is 5.32 Å². The van der Waals surface area contributed by atoms with Crippen LogP contribution in [0.15, 0.2) is 24.3 Å². The number of aromatic nitrogens is 2. The van der Waals surface area contributed by atoms with Crippen molar-refractivity contribution in [3.8, 4) is 11.4 Å². The third-order valence-electron chi connectivity index (χ3n) is 2.45. The van der Waals surface area contributed by atoms with Crippen LogP contribution in [-0.2, 0) is 0 Å². The summed E-state index contributed by atoms with van der Waals surface area (Å²) in [6.07, 6.45) is 2.47. The van der Waals surface area contributed by atoms with Gasteiger partial charge < -0.3 is 5.32 Å². The summed E-state index contributed by atoms with van der Waals surface area (Å²) in [5, 5.41) is 4.91. The number of anilines is 1. The predicted molar refractivity (Wildman–Crippen MR) is 67.0 cm³/mol. The van der Waals surface area contributed by atoms with Crippen molar-refractivity contribution in [1.82, 2.24) is 9.36 Å². The highest BCUT2D eigenvalue weighted by Crippen LogP contribution is 2.30. The van der Waals surface area contributed by atoms with E-state index >= 15 is 0 Å². The van der Waals surface area contributed by atoms with Gasteiger partial charge in [0.2, 0.25) is 5.13 Å². The number of nitrogens with zero attached hydrogens (tertiary/aromatic N) is 2. The molecule has 1 heterocycles. The van der Waals surface area contributed by atoms with Crippen molar-refractivity contribution in [2.45, 2.75) is 18.9 Å². The summed E-state index contributed by atoms with van der Waals surface area (Å²) in [5.41, 5.74) is 0.893. The van der Waals surface area contributed by atoms with Gasteiger partial charge in [0.1, 0.15) is 0 Å². The molecule has 0 radical (unpaired) electrons. The maximum absolute atomic E-state index is 6.09. The summed E-state index contributed by atoms with van der Waals surface area (Å²) in [6.45, 7) is 0. The molecule has 1 aliphatic carbocycles. The molecular weight excluding hydrogens is 242 g/mol. The van der Waals surface area contributed by atoms with Gasteiger partial charge in [0.05, 0.1) is 5.02 Å². The molecule has 1 aromatic heterocycles. The second-order valence-corrected chi connectivity index (χ2v) is 4.98. The number of nitrogens with one attached hydrogen (secondary N) is 1. The molecule has 0 bridgehead atoms. The Morgan fingerprint density at radius 2 is 2.12 bits per heavy atom. The Bertz CT molecular complexity index is 507. The molecule has 0 unspecified atom stereocenters. The van der Waals surface area contributed by atoms with Crippen LogP contribution in [0.2, 0.25) is 5.02 Å². The summed E-state index contributed by atoms with van der Waals surface area (Å²) in [7, 11) is 0. The van der Waals surface area contributed by atoms with Gasteiger partial charge in [-0.3, -0.25) is 0 Å². The highest BCUT2D eigenvalue weighted by molar-refractivity contribution is 7.09. The Kier molecular flexibility index (Phi) is 2.53. The zero-order chi connectivity index (χ0) is 11.0. The number of hydrogen-bond acceptors (Lipinski definition) is 4. The van der Waals surface area contributed by atoms with E-state index in [1.165, 1.54) is 24.4 Å². The molecular formula is C11H10ClN3S. The van der Waals surface area contributed by atoms with E-state index in [0.717, 1.165) is 10.7 Å². The molecule has 0 amide bonds. The minimum absolute atomic E-state index is 0.604. The van der Waals surface area contributed by atoms with Gasteiger partial charge in [-0.05, 0) is 25.0 Å². The van der Waals surface area contributed by atoms with Gasteiger partial charge in [-0.2, -0.15) is 9.36 Å². The van der Waals surface area contributed by atoms with Crippen LogP contribution in [-0.4, -0.2) is 15.4 Å². The van der Waals surface area contributed by atoms with Crippen molar-refractivity contribution in [1.29, 1.82) is 0 Å². The first-order chi connectivity index (χ1) is 7.83. The fourth-order valence-corrected chi connectivity index (χ4v) is 2.32. The van der Waals surface area contributed by atoms with Crippen molar-refractivity contribution >= 4 is 28.3 Å². The van der Waals surface area contributed by atoms with Crippen molar-refractivity contribution in [3.63, 3.8) is 0 Å². The van der Waals surface area contributed by atoms with Gasteiger partial charge in [0, 0.05) is 23.1 Å². The van der Waals surface area contributed by atoms with Crippen LogP contribution in [0.25, 0.3) is 11.4 Å². The lowest BCUT2D eigenvalue weighted by molar-refractivity contribution is 1.14. The number of halogens is 1. The van der Waals surface area contributed by atoms with Crippen LogP contribution >= 0.6 is 23.1 Å². The zero-order valence-electron chi connectivity index (χ0n) is 8.48. The van der Waals surface area contributed by atoms with E-state index in [0.29, 0.717) is 16.9 Å². The van der Waals surface area contributed by atoms with Crippen LogP contribution in [0.3, 0.4) is 0 Å². The van der Waals surface area contributed by atoms with Crippen LogP contribution < -0.4 is 5.32 Å². The van der Waals surface area contributed by atoms with Gasteiger partial charge in [-0.15, -0.1) is 0 Å². The van der Waals surface area contributed by atoms with E-state index in [4.69, 9.17) is 11.6 Å². The first kappa shape index (κ1) is 10.1. The number of hydrogen-bond donors (Lipinski definition) is 1. The molecule has 0 spiro atoms. The smallest absolute Gasteiger partial charge is 0.203 e. The van der Waals surface area contributed by atoms with Gasteiger partial charge in [0.25, 0.3) is 0 Å². The van der Waals surface area contributed by atoms with Crippen molar-refractivity contribution in [3.05, 3.63) is 29.3 Å². The Morgan fingerprint density at radius 1 is 1.31 bits per heavy atom. The molecule has 0 saturated heterocycles. The van der Waals surface area contributed by atoms with Gasteiger partial charge in [-0.1, -0.05) is 23.7 Å². The molecule has 1 aromatic carbocycles. The SMILES string of the molecule is Clc1ccccc1-c1nsc(NC2CC2)n1. The fraction of sp³-hybridized carbons (Fsp3) is 0.273. The van der Waals surface area contributed by atoms with Gasteiger partial charge >= 0.3 is 0 Å². The lowest BCUT2D eigenvalue weighted by Gasteiger charge is -1.98. The van der Waals surface area contributed by atoms with E-state index in [1.54, 1.807) is 0 Å². The standard InChI is InChI=1S/C11H10ClN3S/c12-9-4-2-1-3-8(9)10-14-11(16-15-10)13-7-5-6-7/h1-4,7H,5-6H2,(H,13,14,15). The Hall–Kier alpha value is -1.13. The first-order valence-electron chi connectivity index (χ1n) is 5.18. The maximum Gasteiger partial charge on any atom is 0.203 e. The van der Waals surface area contributed by atoms with E-state index in [2.05, 4.69) is 14.7 Å². The fourth-order valence-electron chi connectivity index (χ4n) is 1.44. The van der Waals surface area contributed by atoms with E-state index in [-0.39, 0.29) is 0 Å². The first-order valence-corrected chi connectivity index (χ1v) is 6.33.